The smallest absolute Gasteiger partial charge is 0.147 e. The number of aromatic nitrogens is 2. The Labute approximate surface area is 124 Å². The molecule has 0 fully saturated rings. The van der Waals surface area contributed by atoms with Crippen molar-refractivity contribution in [1.29, 1.82) is 0 Å². The Balaban J connectivity index is 2.14. The zero-order valence-electron chi connectivity index (χ0n) is 12.3. The molecule has 0 aromatic carbocycles. The summed E-state index contributed by atoms with van der Waals surface area (Å²) < 4.78 is 4.28. The van der Waals surface area contributed by atoms with E-state index < -0.39 is 0 Å². The first kappa shape index (κ1) is 14.8. The lowest BCUT2D eigenvalue weighted by Gasteiger charge is -2.16. The predicted octanol–water partition coefficient (Wildman–Crippen LogP) is 4.02. The van der Waals surface area contributed by atoms with Gasteiger partial charge in [0.1, 0.15) is 10.8 Å². The van der Waals surface area contributed by atoms with Gasteiger partial charge in [-0.15, -0.1) is 0 Å². The Hall–Kier alpha value is -1.62. The fourth-order valence-corrected chi connectivity index (χ4v) is 2.93. The highest BCUT2D eigenvalue weighted by atomic mass is 32.1. The molecule has 2 heterocycles. The molecule has 2 rings (SSSR count). The van der Waals surface area contributed by atoms with Gasteiger partial charge in [0, 0.05) is 18.4 Å². The standard InChI is InChI=1S/C15H22N4S/c1-10(2)4-5-11(3)18-15-13(14(16)19-20-15)12-6-8-17-9-7-12/h6-11,18H,4-5H2,1-3H3,(H2,16,19). The van der Waals surface area contributed by atoms with Gasteiger partial charge in [-0.1, -0.05) is 13.8 Å². The van der Waals surface area contributed by atoms with Gasteiger partial charge in [-0.05, 0) is 54.9 Å². The molecule has 4 nitrogen and oxygen atoms in total. The van der Waals surface area contributed by atoms with Crippen LogP contribution in [0.2, 0.25) is 0 Å². The molecule has 2 aromatic heterocycles. The number of rotatable bonds is 6. The van der Waals surface area contributed by atoms with Crippen LogP contribution in [0.3, 0.4) is 0 Å². The average molecular weight is 290 g/mol. The zero-order chi connectivity index (χ0) is 14.5. The summed E-state index contributed by atoms with van der Waals surface area (Å²) in [5.74, 6) is 1.31. The Kier molecular flexibility index (Phi) is 4.95. The van der Waals surface area contributed by atoms with Crippen molar-refractivity contribution >= 4 is 22.4 Å². The first-order valence-electron chi connectivity index (χ1n) is 7.00. The molecule has 5 heteroatoms. The van der Waals surface area contributed by atoms with Gasteiger partial charge in [0.05, 0.1) is 5.56 Å². The lowest BCUT2D eigenvalue weighted by atomic mass is 10.0. The van der Waals surface area contributed by atoms with E-state index in [4.69, 9.17) is 5.73 Å². The SMILES string of the molecule is CC(C)CCC(C)Nc1snc(N)c1-c1ccncc1. The molecule has 0 spiro atoms. The van der Waals surface area contributed by atoms with Crippen LogP contribution < -0.4 is 11.1 Å². The summed E-state index contributed by atoms with van der Waals surface area (Å²) in [6, 6.07) is 4.34. The Bertz CT molecular complexity index is 536. The molecule has 0 aliphatic rings. The largest absolute Gasteiger partial charge is 0.382 e. The number of pyridine rings is 1. The van der Waals surface area contributed by atoms with Gasteiger partial charge in [0.15, 0.2) is 0 Å². The second-order valence-corrected chi connectivity index (χ2v) is 6.30. The number of anilines is 2. The molecule has 0 aliphatic carbocycles. The minimum Gasteiger partial charge on any atom is -0.382 e. The van der Waals surface area contributed by atoms with Crippen molar-refractivity contribution in [2.45, 2.75) is 39.7 Å². The van der Waals surface area contributed by atoms with Crippen LogP contribution in [0.4, 0.5) is 10.8 Å². The van der Waals surface area contributed by atoms with E-state index in [0.717, 1.165) is 28.5 Å². The van der Waals surface area contributed by atoms with Crippen LogP contribution in [0, 0.1) is 5.92 Å². The fourth-order valence-electron chi connectivity index (χ4n) is 2.08. The van der Waals surface area contributed by atoms with E-state index in [9.17, 15) is 0 Å². The highest BCUT2D eigenvalue weighted by molar-refractivity contribution is 7.11. The number of nitrogens with zero attached hydrogens (tertiary/aromatic N) is 2. The minimum atomic E-state index is 0.415. The maximum atomic E-state index is 6.01. The van der Waals surface area contributed by atoms with E-state index in [1.54, 1.807) is 12.4 Å². The summed E-state index contributed by atoms with van der Waals surface area (Å²) in [7, 11) is 0. The third kappa shape index (κ3) is 3.70. The van der Waals surface area contributed by atoms with Crippen molar-refractivity contribution in [3.8, 4) is 11.1 Å². The third-order valence-electron chi connectivity index (χ3n) is 3.24. The zero-order valence-corrected chi connectivity index (χ0v) is 13.1. The topological polar surface area (TPSA) is 63.8 Å². The molecule has 0 aliphatic heterocycles. The van der Waals surface area contributed by atoms with Crippen molar-refractivity contribution in [2.24, 2.45) is 5.92 Å². The molecule has 0 bridgehead atoms. The highest BCUT2D eigenvalue weighted by Gasteiger charge is 2.15. The molecule has 1 unspecified atom stereocenters. The summed E-state index contributed by atoms with van der Waals surface area (Å²) in [6.45, 7) is 6.70. The van der Waals surface area contributed by atoms with E-state index in [1.807, 2.05) is 12.1 Å². The first-order chi connectivity index (χ1) is 9.58. The van der Waals surface area contributed by atoms with Crippen molar-refractivity contribution < 1.29 is 0 Å². The second kappa shape index (κ2) is 6.70. The van der Waals surface area contributed by atoms with Gasteiger partial charge in [-0.25, -0.2) is 0 Å². The summed E-state index contributed by atoms with van der Waals surface area (Å²) in [5.41, 5.74) is 8.06. The van der Waals surface area contributed by atoms with Crippen LogP contribution in [-0.2, 0) is 0 Å². The number of hydrogen-bond acceptors (Lipinski definition) is 5. The van der Waals surface area contributed by atoms with Gasteiger partial charge in [0.25, 0.3) is 0 Å². The number of nitrogen functional groups attached to an aromatic ring is 1. The molecule has 108 valence electrons. The van der Waals surface area contributed by atoms with E-state index >= 15 is 0 Å². The molecular weight excluding hydrogens is 268 g/mol. The Morgan fingerprint density at radius 2 is 1.90 bits per heavy atom. The Morgan fingerprint density at radius 3 is 2.55 bits per heavy atom. The monoisotopic (exact) mass is 290 g/mol. The summed E-state index contributed by atoms with van der Waals surface area (Å²) in [6.07, 6.45) is 5.91. The van der Waals surface area contributed by atoms with Crippen LogP contribution in [-0.4, -0.2) is 15.4 Å². The molecule has 0 radical (unpaired) electrons. The van der Waals surface area contributed by atoms with E-state index in [2.05, 4.69) is 35.4 Å². The van der Waals surface area contributed by atoms with Crippen LogP contribution in [0.5, 0.6) is 0 Å². The Morgan fingerprint density at radius 1 is 1.20 bits per heavy atom. The number of nitrogens with one attached hydrogen (secondary N) is 1. The molecule has 3 N–H and O–H groups in total. The van der Waals surface area contributed by atoms with Crippen LogP contribution in [0.25, 0.3) is 11.1 Å². The van der Waals surface area contributed by atoms with Gasteiger partial charge in [0.2, 0.25) is 0 Å². The minimum absolute atomic E-state index is 0.415. The van der Waals surface area contributed by atoms with E-state index in [0.29, 0.717) is 11.9 Å². The fraction of sp³-hybridized carbons (Fsp3) is 0.467. The first-order valence-corrected chi connectivity index (χ1v) is 7.77. The molecule has 20 heavy (non-hydrogen) atoms. The van der Waals surface area contributed by atoms with E-state index in [-0.39, 0.29) is 0 Å². The van der Waals surface area contributed by atoms with Gasteiger partial charge in [-0.3, -0.25) is 4.98 Å². The van der Waals surface area contributed by atoms with Gasteiger partial charge >= 0.3 is 0 Å². The van der Waals surface area contributed by atoms with Crippen LogP contribution in [0.1, 0.15) is 33.6 Å². The predicted molar refractivity (Wildman–Crippen MR) is 86.9 cm³/mol. The van der Waals surface area contributed by atoms with Gasteiger partial charge in [-0.2, -0.15) is 4.37 Å². The van der Waals surface area contributed by atoms with E-state index in [1.165, 1.54) is 18.0 Å². The van der Waals surface area contributed by atoms with Crippen LogP contribution in [0.15, 0.2) is 24.5 Å². The number of hydrogen-bond donors (Lipinski definition) is 2. The maximum Gasteiger partial charge on any atom is 0.147 e. The summed E-state index contributed by atoms with van der Waals surface area (Å²) in [5, 5.41) is 4.59. The summed E-state index contributed by atoms with van der Waals surface area (Å²) in [4.78, 5) is 4.05. The van der Waals surface area contributed by atoms with Crippen molar-refractivity contribution in [3.63, 3.8) is 0 Å². The molecule has 0 amide bonds. The summed E-state index contributed by atoms with van der Waals surface area (Å²) >= 11 is 1.43. The van der Waals surface area contributed by atoms with Gasteiger partial charge < -0.3 is 11.1 Å². The molecule has 0 saturated carbocycles. The lowest BCUT2D eigenvalue weighted by Crippen LogP contribution is -2.15. The second-order valence-electron chi connectivity index (χ2n) is 5.52. The average Bonchev–Trinajstić information content (AvgIpc) is 2.78. The number of nitrogens with two attached hydrogens (primary N) is 1. The van der Waals surface area contributed by atoms with Crippen molar-refractivity contribution in [1.82, 2.24) is 9.36 Å². The van der Waals surface area contributed by atoms with Crippen molar-refractivity contribution in [2.75, 3.05) is 11.1 Å². The highest BCUT2D eigenvalue weighted by Crippen LogP contribution is 2.37. The maximum absolute atomic E-state index is 6.01. The molecular formula is C15H22N4S. The molecule has 2 aromatic rings. The quantitative estimate of drug-likeness (QED) is 0.843. The van der Waals surface area contributed by atoms with Crippen LogP contribution >= 0.6 is 11.5 Å². The lowest BCUT2D eigenvalue weighted by molar-refractivity contribution is 0.528. The third-order valence-corrected chi connectivity index (χ3v) is 4.03. The molecule has 1 atom stereocenters. The van der Waals surface area contributed by atoms with Crippen molar-refractivity contribution in [3.05, 3.63) is 24.5 Å². The molecule has 0 saturated heterocycles. The normalized spacial score (nSPS) is 12.6.